The standard InChI is InChI=1S/C18H16N2O3S/c21-18(15-12-24-17(19-15)16-7-4-10-22-16)20-9-8-14(11-20)23-13-5-2-1-3-6-13/h1-7,10,12,14H,8-9,11H2/t14-/m0/s1. The summed E-state index contributed by atoms with van der Waals surface area (Å²) in [5.41, 5.74) is 0.465. The molecule has 0 saturated carbocycles. The van der Waals surface area contributed by atoms with Gasteiger partial charge in [0.25, 0.3) is 5.91 Å². The van der Waals surface area contributed by atoms with Gasteiger partial charge >= 0.3 is 0 Å². The van der Waals surface area contributed by atoms with E-state index in [-0.39, 0.29) is 12.0 Å². The molecule has 0 radical (unpaired) electrons. The zero-order chi connectivity index (χ0) is 16.4. The summed E-state index contributed by atoms with van der Waals surface area (Å²) in [6, 6.07) is 13.4. The Kier molecular flexibility index (Phi) is 4.04. The van der Waals surface area contributed by atoms with Gasteiger partial charge in [-0.2, -0.15) is 0 Å². The Morgan fingerprint density at radius 3 is 2.92 bits per heavy atom. The molecule has 24 heavy (non-hydrogen) atoms. The molecule has 1 fully saturated rings. The number of nitrogens with zero attached hydrogens (tertiary/aromatic N) is 2. The number of amides is 1. The highest BCUT2D eigenvalue weighted by molar-refractivity contribution is 7.13. The third-order valence-corrected chi connectivity index (χ3v) is 4.79. The van der Waals surface area contributed by atoms with Gasteiger partial charge in [0.15, 0.2) is 10.8 Å². The maximum absolute atomic E-state index is 12.6. The fourth-order valence-electron chi connectivity index (χ4n) is 2.75. The van der Waals surface area contributed by atoms with Gasteiger partial charge in [-0.1, -0.05) is 18.2 Å². The van der Waals surface area contributed by atoms with Crippen LogP contribution in [-0.4, -0.2) is 35.0 Å². The van der Waals surface area contributed by atoms with Gasteiger partial charge in [-0.15, -0.1) is 11.3 Å². The van der Waals surface area contributed by atoms with E-state index in [2.05, 4.69) is 4.98 Å². The Hall–Kier alpha value is -2.60. The van der Waals surface area contributed by atoms with Gasteiger partial charge < -0.3 is 14.1 Å². The second-order valence-electron chi connectivity index (χ2n) is 5.61. The number of furan rings is 1. The fraction of sp³-hybridized carbons (Fsp3) is 0.222. The van der Waals surface area contributed by atoms with Crippen LogP contribution in [0.5, 0.6) is 5.75 Å². The number of carbonyl (C=O) groups excluding carboxylic acids is 1. The van der Waals surface area contributed by atoms with E-state index in [0.29, 0.717) is 24.5 Å². The van der Waals surface area contributed by atoms with E-state index in [1.165, 1.54) is 11.3 Å². The lowest BCUT2D eigenvalue weighted by molar-refractivity contribution is 0.0767. The summed E-state index contributed by atoms with van der Waals surface area (Å²) in [7, 11) is 0. The van der Waals surface area contributed by atoms with Crippen LogP contribution >= 0.6 is 11.3 Å². The third-order valence-electron chi connectivity index (χ3n) is 3.93. The molecule has 4 rings (SSSR count). The molecule has 5 nitrogen and oxygen atoms in total. The lowest BCUT2D eigenvalue weighted by Gasteiger charge is -2.16. The number of ether oxygens (including phenoxy) is 1. The minimum absolute atomic E-state index is 0.0273. The molecule has 0 N–H and O–H groups in total. The number of rotatable bonds is 4. The molecule has 0 aliphatic carbocycles. The molecule has 3 heterocycles. The van der Waals surface area contributed by atoms with Crippen molar-refractivity contribution in [1.82, 2.24) is 9.88 Å². The highest BCUT2D eigenvalue weighted by Crippen LogP contribution is 2.25. The molecular weight excluding hydrogens is 324 g/mol. The number of hydrogen-bond acceptors (Lipinski definition) is 5. The molecular formula is C18H16N2O3S. The minimum Gasteiger partial charge on any atom is -0.489 e. The van der Waals surface area contributed by atoms with Gasteiger partial charge in [-0.05, 0) is 24.3 Å². The van der Waals surface area contributed by atoms with Gasteiger partial charge in [0.2, 0.25) is 0 Å². The Labute approximate surface area is 143 Å². The van der Waals surface area contributed by atoms with E-state index < -0.39 is 0 Å². The van der Waals surface area contributed by atoms with Crippen LogP contribution in [0.4, 0.5) is 0 Å². The first-order valence-electron chi connectivity index (χ1n) is 7.80. The molecule has 1 aliphatic rings. The average Bonchev–Trinajstić information content (AvgIpc) is 3.36. The molecule has 1 aliphatic heterocycles. The smallest absolute Gasteiger partial charge is 0.273 e. The van der Waals surface area contributed by atoms with E-state index in [1.807, 2.05) is 42.5 Å². The summed E-state index contributed by atoms with van der Waals surface area (Å²) < 4.78 is 11.3. The number of hydrogen-bond donors (Lipinski definition) is 0. The van der Waals surface area contributed by atoms with Crippen LogP contribution in [0.1, 0.15) is 16.9 Å². The van der Waals surface area contributed by atoms with Gasteiger partial charge in [-0.3, -0.25) is 4.79 Å². The lowest BCUT2D eigenvalue weighted by atomic mass is 10.3. The number of benzene rings is 1. The van der Waals surface area contributed by atoms with Crippen LogP contribution in [0, 0.1) is 0 Å². The predicted octanol–water partition coefficient (Wildman–Crippen LogP) is 3.70. The molecule has 1 aromatic carbocycles. The first kappa shape index (κ1) is 15.0. The summed E-state index contributed by atoms with van der Waals surface area (Å²) in [6.45, 7) is 1.27. The summed E-state index contributed by atoms with van der Waals surface area (Å²) >= 11 is 1.41. The van der Waals surface area contributed by atoms with Crippen molar-refractivity contribution in [2.75, 3.05) is 13.1 Å². The second-order valence-corrected chi connectivity index (χ2v) is 6.47. The molecule has 3 aromatic rings. The number of likely N-dealkylation sites (tertiary alicyclic amines) is 1. The summed E-state index contributed by atoms with van der Waals surface area (Å²) in [4.78, 5) is 18.8. The molecule has 6 heteroatoms. The third kappa shape index (κ3) is 3.05. The van der Waals surface area contributed by atoms with Crippen molar-refractivity contribution in [2.24, 2.45) is 0 Å². The predicted molar refractivity (Wildman–Crippen MR) is 91.2 cm³/mol. The van der Waals surface area contributed by atoms with E-state index in [4.69, 9.17) is 9.15 Å². The normalized spacial score (nSPS) is 17.2. The average molecular weight is 340 g/mol. The zero-order valence-corrected chi connectivity index (χ0v) is 13.7. The fourth-order valence-corrected chi connectivity index (χ4v) is 3.51. The molecule has 1 amide bonds. The van der Waals surface area contributed by atoms with E-state index in [9.17, 15) is 4.79 Å². The van der Waals surface area contributed by atoms with Crippen LogP contribution in [0.15, 0.2) is 58.5 Å². The Balaban J connectivity index is 1.41. The number of para-hydroxylation sites is 1. The van der Waals surface area contributed by atoms with Crippen molar-refractivity contribution >= 4 is 17.2 Å². The second kappa shape index (κ2) is 6.49. The van der Waals surface area contributed by atoms with E-state index in [1.54, 1.807) is 16.5 Å². The highest BCUT2D eigenvalue weighted by Gasteiger charge is 2.29. The summed E-state index contributed by atoms with van der Waals surface area (Å²) in [5, 5.41) is 2.51. The molecule has 0 bridgehead atoms. The van der Waals surface area contributed by atoms with Gasteiger partial charge in [0, 0.05) is 18.3 Å². The van der Waals surface area contributed by atoms with Crippen molar-refractivity contribution < 1.29 is 13.9 Å². The van der Waals surface area contributed by atoms with Gasteiger partial charge in [0.1, 0.15) is 17.5 Å². The number of thiazole rings is 1. The monoisotopic (exact) mass is 340 g/mol. The Bertz CT molecular complexity index is 814. The largest absolute Gasteiger partial charge is 0.489 e. The van der Waals surface area contributed by atoms with Crippen molar-refractivity contribution in [3.8, 4) is 16.5 Å². The van der Waals surface area contributed by atoms with Crippen LogP contribution in [-0.2, 0) is 0 Å². The zero-order valence-electron chi connectivity index (χ0n) is 12.9. The number of aromatic nitrogens is 1. The summed E-state index contributed by atoms with van der Waals surface area (Å²) in [6.07, 6.45) is 2.46. The highest BCUT2D eigenvalue weighted by atomic mass is 32.1. The van der Waals surface area contributed by atoms with Crippen molar-refractivity contribution in [3.05, 3.63) is 59.8 Å². The van der Waals surface area contributed by atoms with Crippen LogP contribution in [0.2, 0.25) is 0 Å². The number of carbonyl (C=O) groups is 1. The molecule has 1 saturated heterocycles. The molecule has 122 valence electrons. The van der Waals surface area contributed by atoms with Gasteiger partial charge in [-0.25, -0.2) is 4.98 Å². The molecule has 1 atom stereocenters. The quantitative estimate of drug-likeness (QED) is 0.727. The van der Waals surface area contributed by atoms with Gasteiger partial charge in [0.05, 0.1) is 12.8 Å². The molecule has 0 spiro atoms. The molecule has 2 aromatic heterocycles. The van der Waals surface area contributed by atoms with Crippen LogP contribution in [0.25, 0.3) is 10.8 Å². The first-order valence-corrected chi connectivity index (χ1v) is 8.68. The van der Waals surface area contributed by atoms with Crippen LogP contribution in [0.3, 0.4) is 0 Å². The van der Waals surface area contributed by atoms with E-state index in [0.717, 1.165) is 17.2 Å². The minimum atomic E-state index is -0.0526. The lowest BCUT2D eigenvalue weighted by Crippen LogP contribution is -2.31. The summed E-state index contributed by atoms with van der Waals surface area (Å²) in [5.74, 6) is 1.47. The van der Waals surface area contributed by atoms with Crippen molar-refractivity contribution in [2.45, 2.75) is 12.5 Å². The maximum Gasteiger partial charge on any atom is 0.273 e. The SMILES string of the molecule is O=C(c1csc(-c2ccco2)n1)N1CC[C@H](Oc2ccccc2)C1. The molecule has 0 unspecified atom stereocenters. The van der Waals surface area contributed by atoms with Crippen molar-refractivity contribution in [3.63, 3.8) is 0 Å². The van der Waals surface area contributed by atoms with Crippen molar-refractivity contribution in [1.29, 1.82) is 0 Å². The van der Waals surface area contributed by atoms with E-state index >= 15 is 0 Å². The Morgan fingerprint density at radius 1 is 1.25 bits per heavy atom. The Morgan fingerprint density at radius 2 is 2.12 bits per heavy atom. The first-order chi connectivity index (χ1) is 11.8. The maximum atomic E-state index is 12.6. The topological polar surface area (TPSA) is 55.6 Å². The van der Waals surface area contributed by atoms with Crippen LogP contribution < -0.4 is 4.74 Å².